The van der Waals surface area contributed by atoms with Gasteiger partial charge in [0, 0.05) is 26.4 Å². The van der Waals surface area contributed by atoms with Crippen molar-refractivity contribution in [3.05, 3.63) is 79.0 Å². The summed E-state index contributed by atoms with van der Waals surface area (Å²) in [6.07, 6.45) is 1.47. The molecular weight excluding hydrogens is 769 g/mol. The number of phenols is 1. The molecule has 0 aliphatic rings. The second kappa shape index (κ2) is 15.0. The smallest absolute Gasteiger partial charge is 0.296 e. The fourth-order valence-corrected chi connectivity index (χ4v) is 6.97. The van der Waals surface area contributed by atoms with Gasteiger partial charge in [-0.2, -0.15) is 16.8 Å². The number of fused-ring (bicyclic) bond motifs is 3. The molecule has 0 spiro atoms. The highest BCUT2D eigenvalue weighted by atomic mass is 32.2. The van der Waals surface area contributed by atoms with Crippen LogP contribution >= 0.6 is 24.1 Å². The number of aromatic nitrogens is 1. The summed E-state index contributed by atoms with van der Waals surface area (Å²) < 4.78 is 76.0. The molecule has 6 aromatic rings. The van der Waals surface area contributed by atoms with E-state index in [4.69, 9.17) is 16.2 Å². The maximum Gasteiger partial charge on any atom is 0.296 e. The number of phenolic OH excluding ortho intramolecular Hbond substituents is 1. The molecule has 5 aromatic carbocycles. The molecule has 0 aliphatic carbocycles. The van der Waals surface area contributed by atoms with Gasteiger partial charge in [0.05, 0.1) is 62.7 Å². The Morgan fingerprint density at radius 1 is 0.692 bits per heavy atom. The molecule has 6 rings (SSSR count). The number of hydrogen-bond donors (Lipinski definition) is 6. The highest BCUT2D eigenvalue weighted by Gasteiger charge is 2.21. The van der Waals surface area contributed by atoms with Gasteiger partial charge in [0.25, 0.3) is 20.2 Å². The highest BCUT2D eigenvalue weighted by molar-refractivity contribution is 7.95. The maximum absolute atomic E-state index is 12.1. The molecule has 0 radical (unpaired) electrons. The fourth-order valence-electron chi connectivity index (χ4n) is 4.93. The average Bonchev–Trinajstić information content (AvgIpc) is 3.11. The number of nitrogen functional groups attached to an aromatic ring is 1. The van der Waals surface area contributed by atoms with Crippen LogP contribution in [0.4, 0.5) is 28.4 Å². The molecule has 23 heteroatoms. The first-order chi connectivity index (χ1) is 24.8. The molecule has 268 valence electrons. The number of benzene rings is 5. The second-order valence-electron chi connectivity index (χ2n) is 10.3. The van der Waals surface area contributed by atoms with Crippen molar-refractivity contribution >= 4 is 105 Å². The summed E-state index contributed by atoms with van der Waals surface area (Å²) in [5.74, 6) is -0.573. The van der Waals surface area contributed by atoms with Gasteiger partial charge in [0.2, 0.25) is 0 Å². The molecule has 0 saturated carbocycles. The maximum atomic E-state index is 12.1. The van der Waals surface area contributed by atoms with Crippen LogP contribution in [0.1, 0.15) is 0 Å². The zero-order valence-corrected chi connectivity index (χ0v) is 28.7. The van der Waals surface area contributed by atoms with Gasteiger partial charge in [-0.05, 0) is 72.1 Å². The number of rotatable bonds is 12. The Labute approximate surface area is 300 Å². The van der Waals surface area contributed by atoms with Crippen molar-refractivity contribution in [2.45, 2.75) is 19.6 Å². The van der Waals surface area contributed by atoms with E-state index >= 15 is 0 Å². The monoisotopic (exact) mass is 788 g/mol. The predicted molar refractivity (Wildman–Crippen MR) is 185 cm³/mol. The summed E-state index contributed by atoms with van der Waals surface area (Å²) in [5.41, 5.74) is 6.40. The molecule has 1 heterocycles. The van der Waals surface area contributed by atoms with Crippen LogP contribution in [0.15, 0.2) is 119 Å². The number of nitrogens with zero attached hydrogens (tertiary/aromatic N) is 5. The Morgan fingerprint density at radius 2 is 1.40 bits per heavy atom. The van der Waals surface area contributed by atoms with E-state index in [1.54, 1.807) is 24.3 Å². The lowest BCUT2D eigenvalue weighted by atomic mass is 10.1. The van der Waals surface area contributed by atoms with E-state index in [2.05, 4.69) is 44.2 Å². The van der Waals surface area contributed by atoms with Crippen molar-refractivity contribution in [2.24, 2.45) is 20.5 Å². The first-order valence-electron chi connectivity index (χ1n) is 13.9. The molecule has 0 unspecified atom stereocenters. The topological polar surface area (TPSA) is 295 Å². The fraction of sp³-hybridized carbons (Fsp3) is 0. The zero-order chi connectivity index (χ0) is 37.2. The third-order valence-corrected chi connectivity index (χ3v) is 10.1. The van der Waals surface area contributed by atoms with Gasteiger partial charge >= 0.3 is 0 Å². The quantitative estimate of drug-likeness (QED) is 0.0171. The van der Waals surface area contributed by atoms with Crippen molar-refractivity contribution in [2.75, 3.05) is 5.73 Å². The van der Waals surface area contributed by atoms with E-state index in [1.807, 2.05) is 0 Å². The molecule has 19 nitrogen and oxygen atoms in total. The van der Waals surface area contributed by atoms with Crippen molar-refractivity contribution in [1.29, 1.82) is 0 Å². The van der Waals surface area contributed by atoms with Gasteiger partial charge in [0.15, 0.2) is 5.75 Å². The van der Waals surface area contributed by atoms with Crippen LogP contribution in [0.5, 0.6) is 5.75 Å². The Bertz CT molecular complexity index is 2660. The average molecular weight is 789 g/mol. The summed E-state index contributed by atoms with van der Waals surface area (Å²) in [4.78, 5) is 3.77. The van der Waals surface area contributed by atoms with Crippen LogP contribution in [-0.2, 0) is 39.0 Å². The van der Waals surface area contributed by atoms with E-state index in [9.17, 15) is 31.0 Å². The second-order valence-corrected chi connectivity index (χ2v) is 14.7. The molecule has 0 bridgehead atoms. The lowest BCUT2D eigenvalue weighted by Gasteiger charge is -2.11. The summed E-state index contributed by atoms with van der Waals surface area (Å²) >= 11 is 1.12. The third-order valence-electron chi connectivity index (χ3n) is 7.18. The third kappa shape index (κ3) is 7.94. The summed E-state index contributed by atoms with van der Waals surface area (Å²) in [6.45, 7) is 0. The largest absolute Gasteiger partial charge is 0.505 e. The summed E-state index contributed by atoms with van der Waals surface area (Å²) in [6, 6.07) is 16.7. The number of azo groups is 2. The number of anilines is 1. The Balaban J connectivity index is 1.44. The van der Waals surface area contributed by atoms with Crippen molar-refractivity contribution in [1.82, 2.24) is 4.98 Å². The molecule has 0 saturated heterocycles. The molecule has 0 aliphatic heterocycles. The van der Waals surface area contributed by atoms with Crippen molar-refractivity contribution in [3.8, 4) is 5.75 Å². The van der Waals surface area contributed by atoms with Crippen LogP contribution in [0.3, 0.4) is 0 Å². The van der Waals surface area contributed by atoms with E-state index in [1.165, 1.54) is 30.5 Å². The van der Waals surface area contributed by atoms with Crippen LogP contribution < -0.4 is 5.73 Å². The Kier molecular flexibility index (Phi) is 10.6. The van der Waals surface area contributed by atoms with Crippen molar-refractivity contribution in [3.63, 3.8) is 0 Å². The van der Waals surface area contributed by atoms with Crippen LogP contribution in [-0.4, -0.2) is 46.5 Å². The lowest BCUT2D eigenvalue weighted by Crippen LogP contribution is -2.03. The predicted octanol–water partition coefficient (Wildman–Crippen LogP) is 8.01. The highest BCUT2D eigenvalue weighted by Crippen LogP contribution is 2.46. The first kappa shape index (κ1) is 36.9. The SMILES string of the molecule is Nc1cc2c(O)c(/N=N/c3ccc(/N=N/c4cnc5ccc(SOOO)cc5c4)c4ccc(S(=O)(=O)O)cc34)c(SOOO)cc2cc1S(=O)(=O)O. The summed E-state index contributed by atoms with van der Waals surface area (Å²) in [5, 5.41) is 53.7. The van der Waals surface area contributed by atoms with E-state index in [0.29, 0.717) is 38.9 Å². The van der Waals surface area contributed by atoms with Crippen LogP contribution in [0.25, 0.3) is 32.4 Å². The number of hydrogen-bond acceptors (Lipinski definition) is 19. The Morgan fingerprint density at radius 3 is 2.12 bits per heavy atom. The standard InChI is InChI=1S/C29H20N6O13S4/c30-22-12-20-14(10-27(22)52(42,43)44)9-26(50-48-46-38)28(29(20)36)35-34-25-6-5-24(19-3-2-18(11-21(19)25)51(39,40)41)33-32-16-7-15-8-17(49-47-45-37)1-4-23(15)31-13-16/h1-13,36-38H,30H2,(H,39,40,41)(H,42,43,44)/b33-32+,35-34+. The minimum absolute atomic E-state index is 0.00642. The van der Waals surface area contributed by atoms with Gasteiger partial charge in [-0.1, -0.05) is 16.1 Å². The molecular formula is C29H20N6O13S4. The van der Waals surface area contributed by atoms with Crippen LogP contribution in [0.2, 0.25) is 0 Å². The zero-order valence-electron chi connectivity index (χ0n) is 25.5. The molecule has 1 aromatic heterocycles. The van der Waals surface area contributed by atoms with Gasteiger partial charge in [-0.3, -0.25) is 14.1 Å². The minimum atomic E-state index is -4.74. The molecule has 52 heavy (non-hydrogen) atoms. The molecule has 0 atom stereocenters. The van der Waals surface area contributed by atoms with Crippen LogP contribution in [0, 0.1) is 0 Å². The van der Waals surface area contributed by atoms with Gasteiger partial charge in [-0.15, -0.1) is 29.1 Å². The minimum Gasteiger partial charge on any atom is -0.505 e. The number of pyridine rings is 1. The lowest BCUT2D eigenvalue weighted by molar-refractivity contribution is -0.432. The van der Waals surface area contributed by atoms with Gasteiger partial charge in [-0.25, -0.2) is 10.5 Å². The van der Waals surface area contributed by atoms with Gasteiger partial charge in [0.1, 0.15) is 16.3 Å². The summed E-state index contributed by atoms with van der Waals surface area (Å²) in [7, 11) is -9.42. The Hall–Kier alpha value is -4.89. The van der Waals surface area contributed by atoms with E-state index in [-0.39, 0.29) is 43.8 Å². The number of nitrogens with two attached hydrogens (primary N) is 1. The number of aromatic hydroxyl groups is 1. The van der Waals surface area contributed by atoms with Gasteiger partial charge < -0.3 is 10.8 Å². The normalized spacial score (nSPS) is 12.6. The van der Waals surface area contributed by atoms with E-state index < -0.39 is 35.8 Å². The van der Waals surface area contributed by atoms with E-state index in [0.717, 1.165) is 36.3 Å². The first-order valence-corrected chi connectivity index (χ1v) is 18.3. The molecule has 0 amide bonds. The molecule has 0 fully saturated rings. The van der Waals surface area contributed by atoms with Crippen molar-refractivity contribution < 1.29 is 60.3 Å². The molecule has 7 N–H and O–H groups in total.